The first-order chi connectivity index (χ1) is 14.0. The molecule has 0 bridgehead atoms. The van der Waals surface area contributed by atoms with E-state index in [1.165, 1.54) is 0 Å². The van der Waals surface area contributed by atoms with Gasteiger partial charge in [0.05, 0.1) is 25.1 Å². The van der Waals surface area contributed by atoms with Crippen LogP contribution in [0.15, 0.2) is 35.4 Å². The van der Waals surface area contributed by atoms with E-state index in [2.05, 4.69) is 15.1 Å². The number of sulfonamides is 1. The van der Waals surface area contributed by atoms with Gasteiger partial charge in [-0.3, -0.25) is 0 Å². The summed E-state index contributed by atoms with van der Waals surface area (Å²) < 4.78 is 59.8. The van der Waals surface area contributed by atoms with E-state index in [-0.39, 0.29) is 13.1 Å². The van der Waals surface area contributed by atoms with E-state index in [1.54, 1.807) is 6.20 Å². The molecule has 3 heterocycles. The van der Waals surface area contributed by atoms with Crippen molar-refractivity contribution in [1.82, 2.24) is 14.5 Å². The van der Waals surface area contributed by atoms with Crippen LogP contribution in [-0.4, -0.2) is 75.4 Å². The quantitative estimate of drug-likeness (QED) is 0.726. The summed E-state index contributed by atoms with van der Waals surface area (Å²) in [6, 6.07) is 4.94. The molecule has 1 aromatic carbocycles. The number of morpholine rings is 1. The second-order valence-corrected chi connectivity index (χ2v) is 8.69. The number of hydrogen-bond acceptors (Lipinski definition) is 7. The molecule has 0 amide bonds. The Bertz CT molecular complexity index is 957. The van der Waals surface area contributed by atoms with Crippen LogP contribution in [0.3, 0.4) is 0 Å². The molecule has 29 heavy (non-hydrogen) atoms. The van der Waals surface area contributed by atoms with Crippen LogP contribution in [0.1, 0.15) is 0 Å². The molecular weight excluding hydrogens is 404 g/mol. The minimum Gasteiger partial charge on any atom is -0.378 e. The van der Waals surface area contributed by atoms with E-state index in [1.807, 2.05) is 11.0 Å². The van der Waals surface area contributed by atoms with E-state index in [4.69, 9.17) is 4.74 Å². The van der Waals surface area contributed by atoms with Crippen molar-refractivity contribution < 1.29 is 21.9 Å². The average molecular weight is 425 g/mol. The Kier molecular flexibility index (Phi) is 5.61. The lowest BCUT2D eigenvalue weighted by atomic mass is 10.3. The summed E-state index contributed by atoms with van der Waals surface area (Å²) in [7, 11) is -4.26. The SMILES string of the molecule is O=S(=O)(c1c(F)cccc1F)N1CCN(c2cc(N3CCOCC3)cnn2)CC1. The molecule has 4 rings (SSSR count). The molecule has 2 aliphatic heterocycles. The lowest BCUT2D eigenvalue weighted by Gasteiger charge is -2.35. The van der Waals surface area contributed by atoms with E-state index >= 15 is 0 Å². The predicted octanol–water partition coefficient (Wildman–Crippen LogP) is 1.10. The van der Waals surface area contributed by atoms with Crippen LogP contribution < -0.4 is 9.80 Å². The fourth-order valence-corrected chi connectivity index (χ4v) is 5.04. The summed E-state index contributed by atoms with van der Waals surface area (Å²) in [4.78, 5) is 3.17. The predicted molar refractivity (Wildman–Crippen MR) is 102 cm³/mol. The average Bonchev–Trinajstić information content (AvgIpc) is 2.74. The van der Waals surface area contributed by atoms with Gasteiger partial charge in [-0.25, -0.2) is 17.2 Å². The maximum absolute atomic E-state index is 14.0. The fourth-order valence-electron chi connectivity index (χ4n) is 3.51. The number of benzene rings is 1. The minimum absolute atomic E-state index is 0.0968. The van der Waals surface area contributed by atoms with E-state index in [0.717, 1.165) is 41.3 Å². The molecule has 2 aliphatic rings. The van der Waals surface area contributed by atoms with Crippen LogP contribution in [0.25, 0.3) is 0 Å². The topological polar surface area (TPSA) is 78.9 Å². The van der Waals surface area contributed by atoms with Gasteiger partial charge in [0.2, 0.25) is 10.0 Å². The molecule has 0 unspecified atom stereocenters. The third-order valence-electron chi connectivity index (χ3n) is 5.08. The molecule has 2 saturated heterocycles. The van der Waals surface area contributed by atoms with Gasteiger partial charge >= 0.3 is 0 Å². The van der Waals surface area contributed by atoms with Crippen LogP contribution >= 0.6 is 0 Å². The molecule has 0 spiro atoms. The second kappa shape index (κ2) is 8.17. The normalized spacial score (nSPS) is 18.8. The number of hydrogen-bond donors (Lipinski definition) is 0. The number of nitrogens with zero attached hydrogens (tertiary/aromatic N) is 5. The zero-order chi connectivity index (χ0) is 20.4. The lowest BCUT2D eigenvalue weighted by Crippen LogP contribution is -2.49. The van der Waals surface area contributed by atoms with Crippen molar-refractivity contribution in [3.8, 4) is 0 Å². The first-order valence-electron chi connectivity index (χ1n) is 9.31. The summed E-state index contributed by atoms with van der Waals surface area (Å²) >= 11 is 0. The maximum Gasteiger partial charge on any atom is 0.249 e. The highest BCUT2D eigenvalue weighted by molar-refractivity contribution is 7.89. The summed E-state index contributed by atoms with van der Waals surface area (Å²) in [6.45, 7) is 3.73. The van der Waals surface area contributed by atoms with Gasteiger partial charge in [-0.2, -0.15) is 9.40 Å². The van der Waals surface area contributed by atoms with Gasteiger partial charge in [-0.05, 0) is 12.1 Å². The van der Waals surface area contributed by atoms with Gasteiger partial charge in [0.1, 0.15) is 11.6 Å². The molecule has 0 atom stereocenters. The Balaban J connectivity index is 1.47. The molecule has 0 aliphatic carbocycles. The summed E-state index contributed by atoms with van der Waals surface area (Å²) in [5, 5.41) is 8.23. The van der Waals surface area contributed by atoms with Gasteiger partial charge in [0.25, 0.3) is 0 Å². The molecule has 0 saturated carbocycles. The molecule has 0 radical (unpaired) electrons. The Morgan fingerprint density at radius 3 is 2.24 bits per heavy atom. The largest absolute Gasteiger partial charge is 0.378 e. The Morgan fingerprint density at radius 1 is 0.931 bits per heavy atom. The molecule has 11 heteroatoms. The third-order valence-corrected chi connectivity index (χ3v) is 7.03. The molecule has 8 nitrogen and oxygen atoms in total. The highest BCUT2D eigenvalue weighted by atomic mass is 32.2. The van der Waals surface area contributed by atoms with Crippen molar-refractivity contribution >= 4 is 21.5 Å². The van der Waals surface area contributed by atoms with Gasteiger partial charge in [0, 0.05) is 45.3 Å². The van der Waals surface area contributed by atoms with Crippen molar-refractivity contribution in [2.75, 3.05) is 62.3 Å². The summed E-state index contributed by atoms with van der Waals surface area (Å²) in [6.07, 6.45) is 1.69. The molecule has 0 N–H and O–H groups in total. The number of rotatable bonds is 4. The highest BCUT2D eigenvalue weighted by Gasteiger charge is 2.33. The van der Waals surface area contributed by atoms with Crippen LogP contribution in [0, 0.1) is 11.6 Å². The van der Waals surface area contributed by atoms with Gasteiger partial charge in [0.15, 0.2) is 10.7 Å². The van der Waals surface area contributed by atoms with Gasteiger partial charge < -0.3 is 14.5 Å². The van der Waals surface area contributed by atoms with Crippen molar-refractivity contribution in [2.24, 2.45) is 0 Å². The van der Waals surface area contributed by atoms with Gasteiger partial charge in [-0.1, -0.05) is 6.07 Å². The van der Waals surface area contributed by atoms with Crippen LogP contribution in [0.2, 0.25) is 0 Å². The van der Waals surface area contributed by atoms with Crippen molar-refractivity contribution in [1.29, 1.82) is 0 Å². The van der Waals surface area contributed by atoms with E-state index in [0.29, 0.717) is 32.1 Å². The number of piperazine rings is 1. The van der Waals surface area contributed by atoms with Gasteiger partial charge in [-0.15, -0.1) is 5.10 Å². The first-order valence-corrected chi connectivity index (χ1v) is 10.8. The fraction of sp³-hybridized carbons (Fsp3) is 0.444. The van der Waals surface area contributed by atoms with Crippen LogP contribution in [0.4, 0.5) is 20.3 Å². The molecule has 2 fully saturated rings. The monoisotopic (exact) mass is 425 g/mol. The smallest absolute Gasteiger partial charge is 0.249 e. The number of aromatic nitrogens is 2. The third kappa shape index (κ3) is 4.02. The Morgan fingerprint density at radius 2 is 1.59 bits per heavy atom. The lowest BCUT2D eigenvalue weighted by molar-refractivity contribution is 0.122. The number of halogens is 2. The summed E-state index contributed by atoms with van der Waals surface area (Å²) in [5.41, 5.74) is 0.932. The molecular formula is C18H21F2N5O3S. The summed E-state index contributed by atoms with van der Waals surface area (Å²) in [5.74, 6) is -1.53. The van der Waals surface area contributed by atoms with E-state index in [9.17, 15) is 17.2 Å². The molecule has 2 aromatic rings. The number of anilines is 2. The van der Waals surface area contributed by atoms with Crippen molar-refractivity contribution in [3.05, 3.63) is 42.1 Å². The van der Waals surface area contributed by atoms with E-state index < -0.39 is 26.6 Å². The highest BCUT2D eigenvalue weighted by Crippen LogP contribution is 2.25. The molecule has 156 valence electrons. The van der Waals surface area contributed by atoms with Crippen LogP contribution in [0.5, 0.6) is 0 Å². The zero-order valence-corrected chi connectivity index (χ0v) is 16.5. The number of ether oxygens (including phenoxy) is 1. The maximum atomic E-state index is 14.0. The first kappa shape index (κ1) is 19.9. The molecule has 1 aromatic heterocycles. The van der Waals surface area contributed by atoms with Crippen molar-refractivity contribution in [2.45, 2.75) is 4.90 Å². The standard InChI is InChI=1S/C18H21F2N5O3S/c19-15-2-1-3-16(20)18(15)29(26,27)25-6-4-24(5-7-25)17-12-14(13-21-22-17)23-8-10-28-11-9-23/h1-3,12-13H,4-11H2. The van der Waals surface area contributed by atoms with Crippen LogP contribution in [-0.2, 0) is 14.8 Å². The Hall–Kier alpha value is -2.37. The second-order valence-electron chi connectivity index (χ2n) is 6.81. The zero-order valence-electron chi connectivity index (χ0n) is 15.7. The van der Waals surface area contributed by atoms with Crippen molar-refractivity contribution in [3.63, 3.8) is 0 Å². The Labute approximate surface area is 167 Å². The minimum atomic E-state index is -4.26.